The Morgan fingerprint density at radius 1 is 1.12 bits per heavy atom. The van der Waals surface area contributed by atoms with Crippen LogP contribution in [0, 0.1) is 0 Å². The molecule has 0 unspecified atom stereocenters. The maximum Gasteiger partial charge on any atom is 0.253 e. The van der Waals surface area contributed by atoms with Gasteiger partial charge in [-0.05, 0) is 24.6 Å². The van der Waals surface area contributed by atoms with E-state index in [1.54, 1.807) is 11.8 Å². The maximum absolute atomic E-state index is 12.8. The summed E-state index contributed by atoms with van der Waals surface area (Å²) in [6.07, 6.45) is 0.815. The predicted molar refractivity (Wildman–Crippen MR) is 93.0 cm³/mol. The van der Waals surface area contributed by atoms with Crippen molar-refractivity contribution in [1.29, 1.82) is 0 Å². The fourth-order valence-electron chi connectivity index (χ4n) is 3.05. The standard InChI is InChI=1S/C18H24N4O2/c1-12(2)17-19-15-6-5-14(11-16(15)20-17)18(24)22-8-4-7-21(9-10-22)13(3)23/h5-6,11-12H,4,7-10H2,1-3H3,(H,19,20). The van der Waals surface area contributed by atoms with Crippen LogP contribution in [0.3, 0.4) is 0 Å². The number of carbonyl (C=O) groups is 2. The third-order valence-electron chi connectivity index (χ3n) is 4.52. The number of carbonyl (C=O) groups excluding carboxylic acids is 2. The fraction of sp³-hybridized carbons (Fsp3) is 0.500. The van der Waals surface area contributed by atoms with E-state index in [-0.39, 0.29) is 11.8 Å². The van der Waals surface area contributed by atoms with Crippen LogP contribution in [0.5, 0.6) is 0 Å². The van der Waals surface area contributed by atoms with Crippen molar-refractivity contribution in [2.24, 2.45) is 0 Å². The van der Waals surface area contributed by atoms with Crippen molar-refractivity contribution in [3.8, 4) is 0 Å². The summed E-state index contributed by atoms with van der Waals surface area (Å²) in [5, 5.41) is 0. The number of benzene rings is 1. The highest BCUT2D eigenvalue weighted by Gasteiger charge is 2.21. The molecule has 1 N–H and O–H groups in total. The first-order valence-electron chi connectivity index (χ1n) is 8.50. The van der Waals surface area contributed by atoms with Crippen molar-refractivity contribution in [3.63, 3.8) is 0 Å². The average molecular weight is 328 g/mol. The Balaban J connectivity index is 1.79. The minimum atomic E-state index is 0.0167. The zero-order chi connectivity index (χ0) is 17.3. The van der Waals surface area contributed by atoms with E-state index in [1.165, 1.54) is 0 Å². The number of amides is 2. The van der Waals surface area contributed by atoms with Crippen LogP contribution in [0.1, 0.15) is 49.3 Å². The molecule has 0 aliphatic carbocycles. The second kappa shape index (κ2) is 6.63. The van der Waals surface area contributed by atoms with Crippen molar-refractivity contribution in [2.75, 3.05) is 26.2 Å². The third-order valence-corrected chi connectivity index (χ3v) is 4.52. The molecule has 128 valence electrons. The van der Waals surface area contributed by atoms with Crippen LogP contribution in [0.4, 0.5) is 0 Å². The monoisotopic (exact) mass is 328 g/mol. The summed E-state index contributed by atoms with van der Waals surface area (Å²) in [4.78, 5) is 35.8. The SMILES string of the molecule is CC(=O)N1CCCN(C(=O)c2ccc3nc(C(C)C)[nH]c3c2)CC1. The molecule has 3 rings (SSSR count). The van der Waals surface area contributed by atoms with Gasteiger partial charge in [-0.1, -0.05) is 13.8 Å². The van der Waals surface area contributed by atoms with E-state index in [4.69, 9.17) is 0 Å². The molecule has 2 aromatic rings. The third kappa shape index (κ3) is 3.27. The maximum atomic E-state index is 12.8. The Hall–Kier alpha value is -2.37. The smallest absolute Gasteiger partial charge is 0.253 e. The summed E-state index contributed by atoms with van der Waals surface area (Å²) >= 11 is 0. The van der Waals surface area contributed by atoms with Gasteiger partial charge in [0.2, 0.25) is 5.91 Å². The lowest BCUT2D eigenvalue weighted by Crippen LogP contribution is -2.36. The van der Waals surface area contributed by atoms with Crippen molar-refractivity contribution >= 4 is 22.8 Å². The lowest BCUT2D eigenvalue weighted by molar-refractivity contribution is -0.128. The Bertz CT molecular complexity index is 765. The van der Waals surface area contributed by atoms with Gasteiger partial charge in [0.05, 0.1) is 11.0 Å². The van der Waals surface area contributed by atoms with Gasteiger partial charge in [0.25, 0.3) is 5.91 Å². The van der Waals surface area contributed by atoms with Crippen LogP contribution < -0.4 is 0 Å². The van der Waals surface area contributed by atoms with Gasteiger partial charge >= 0.3 is 0 Å². The van der Waals surface area contributed by atoms with E-state index in [1.807, 2.05) is 23.1 Å². The van der Waals surface area contributed by atoms with Crippen molar-refractivity contribution in [3.05, 3.63) is 29.6 Å². The zero-order valence-electron chi connectivity index (χ0n) is 14.5. The molecule has 24 heavy (non-hydrogen) atoms. The van der Waals surface area contributed by atoms with E-state index in [0.29, 0.717) is 31.1 Å². The molecule has 1 aliphatic heterocycles. The highest BCUT2D eigenvalue weighted by molar-refractivity contribution is 5.97. The van der Waals surface area contributed by atoms with Gasteiger partial charge < -0.3 is 14.8 Å². The Kier molecular flexibility index (Phi) is 4.55. The molecule has 1 aromatic carbocycles. The molecule has 1 fully saturated rings. The quantitative estimate of drug-likeness (QED) is 0.920. The number of fused-ring (bicyclic) bond motifs is 1. The van der Waals surface area contributed by atoms with Crippen LogP contribution in [0.15, 0.2) is 18.2 Å². The first kappa shape index (κ1) is 16.5. The van der Waals surface area contributed by atoms with Gasteiger partial charge in [-0.25, -0.2) is 4.98 Å². The number of aromatic amines is 1. The van der Waals surface area contributed by atoms with Gasteiger partial charge in [0, 0.05) is 44.6 Å². The minimum absolute atomic E-state index is 0.0167. The molecule has 2 heterocycles. The Labute approximate surface area is 141 Å². The summed E-state index contributed by atoms with van der Waals surface area (Å²) in [6, 6.07) is 5.61. The van der Waals surface area contributed by atoms with Gasteiger partial charge in [-0.2, -0.15) is 0 Å². The molecule has 0 saturated carbocycles. The van der Waals surface area contributed by atoms with Crippen LogP contribution in [-0.2, 0) is 4.79 Å². The molecule has 0 radical (unpaired) electrons. The first-order valence-corrected chi connectivity index (χ1v) is 8.50. The largest absolute Gasteiger partial charge is 0.342 e. The van der Waals surface area contributed by atoms with Crippen molar-refractivity contribution < 1.29 is 9.59 Å². The summed E-state index contributed by atoms with van der Waals surface area (Å²) in [5.41, 5.74) is 2.44. The predicted octanol–water partition coefficient (Wildman–Crippen LogP) is 2.38. The number of nitrogens with one attached hydrogen (secondary N) is 1. The van der Waals surface area contributed by atoms with E-state index in [0.717, 1.165) is 29.8 Å². The van der Waals surface area contributed by atoms with Crippen LogP contribution >= 0.6 is 0 Å². The molecule has 0 atom stereocenters. The van der Waals surface area contributed by atoms with E-state index < -0.39 is 0 Å². The Morgan fingerprint density at radius 3 is 2.54 bits per heavy atom. The molecule has 6 nitrogen and oxygen atoms in total. The fourth-order valence-corrected chi connectivity index (χ4v) is 3.05. The molecule has 0 spiro atoms. The molecule has 6 heteroatoms. The normalized spacial score (nSPS) is 15.8. The summed E-state index contributed by atoms with van der Waals surface area (Å²) in [7, 11) is 0. The van der Waals surface area contributed by atoms with Crippen molar-refractivity contribution in [1.82, 2.24) is 19.8 Å². The molecular formula is C18H24N4O2. The molecule has 2 amide bonds. The molecular weight excluding hydrogens is 304 g/mol. The molecule has 1 aliphatic rings. The number of aromatic nitrogens is 2. The van der Waals surface area contributed by atoms with E-state index >= 15 is 0 Å². The number of imidazole rings is 1. The molecule has 0 bridgehead atoms. The van der Waals surface area contributed by atoms with E-state index in [2.05, 4.69) is 23.8 Å². The lowest BCUT2D eigenvalue weighted by atomic mass is 10.1. The minimum Gasteiger partial charge on any atom is -0.342 e. The topological polar surface area (TPSA) is 69.3 Å². The van der Waals surface area contributed by atoms with Gasteiger partial charge in [0.1, 0.15) is 5.82 Å². The van der Waals surface area contributed by atoms with Crippen molar-refractivity contribution in [2.45, 2.75) is 33.1 Å². The first-order chi connectivity index (χ1) is 11.5. The summed E-state index contributed by atoms with van der Waals surface area (Å²) in [6.45, 7) is 8.33. The van der Waals surface area contributed by atoms with Gasteiger partial charge in [-0.15, -0.1) is 0 Å². The Morgan fingerprint density at radius 2 is 1.83 bits per heavy atom. The highest BCUT2D eigenvalue weighted by Crippen LogP contribution is 2.19. The van der Waals surface area contributed by atoms with Gasteiger partial charge in [0.15, 0.2) is 0 Å². The second-order valence-corrected chi connectivity index (χ2v) is 6.66. The second-order valence-electron chi connectivity index (χ2n) is 6.66. The van der Waals surface area contributed by atoms with Crippen LogP contribution in [-0.4, -0.2) is 57.8 Å². The van der Waals surface area contributed by atoms with E-state index in [9.17, 15) is 9.59 Å². The number of rotatable bonds is 2. The number of H-pyrrole nitrogens is 1. The lowest BCUT2D eigenvalue weighted by Gasteiger charge is -2.21. The number of hydrogen-bond acceptors (Lipinski definition) is 3. The summed E-state index contributed by atoms with van der Waals surface area (Å²) in [5.74, 6) is 1.34. The molecule has 1 saturated heterocycles. The molecule has 1 aromatic heterocycles. The summed E-state index contributed by atoms with van der Waals surface area (Å²) < 4.78 is 0. The number of hydrogen-bond donors (Lipinski definition) is 1. The number of nitrogens with zero attached hydrogens (tertiary/aromatic N) is 3. The van der Waals surface area contributed by atoms with Crippen LogP contribution in [0.2, 0.25) is 0 Å². The van der Waals surface area contributed by atoms with Gasteiger partial charge in [-0.3, -0.25) is 9.59 Å². The highest BCUT2D eigenvalue weighted by atomic mass is 16.2. The average Bonchev–Trinajstić information content (AvgIpc) is 2.82. The van der Waals surface area contributed by atoms with Crippen LogP contribution in [0.25, 0.3) is 11.0 Å². The zero-order valence-corrected chi connectivity index (χ0v) is 14.5.